The smallest absolute Gasteiger partial charge is 0.241 e. The second-order valence-corrected chi connectivity index (χ2v) is 5.25. The molecule has 0 bridgehead atoms. The molecule has 0 aromatic heterocycles. The van der Waals surface area contributed by atoms with Crippen LogP contribution in [0.15, 0.2) is 24.3 Å². The van der Waals surface area contributed by atoms with Crippen LogP contribution in [0, 0.1) is 3.57 Å². The van der Waals surface area contributed by atoms with E-state index in [4.69, 9.17) is 0 Å². The van der Waals surface area contributed by atoms with Crippen molar-refractivity contribution in [3.63, 3.8) is 0 Å². The molecule has 2 rings (SSSR count). The van der Waals surface area contributed by atoms with Gasteiger partial charge in [-0.05, 0) is 60.2 Å². The minimum Gasteiger partial charge on any atom is -0.325 e. The molecule has 1 saturated heterocycles. The van der Waals surface area contributed by atoms with Crippen LogP contribution in [0.3, 0.4) is 0 Å². The molecule has 1 atom stereocenters. The third-order valence-electron chi connectivity index (χ3n) is 2.72. The summed E-state index contributed by atoms with van der Waals surface area (Å²) in [4.78, 5) is 11.9. The Morgan fingerprint density at radius 3 is 2.88 bits per heavy atom. The molecule has 1 fully saturated rings. The van der Waals surface area contributed by atoms with Gasteiger partial charge in [-0.25, -0.2) is 0 Å². The fourth-order valence-corrected chi connectivity index (χ4v) is 2.41. The van der Waals surface area contributed by atoms with Crippen LogP contribution in [0.4, 0.5) is 5.69 Å². The fourth-order valence-electron chi connectivity index (χ4n) is 1.87. The van der Waals surface area contributed by atoms with Gasteiger partial charge in [-0.3, -0.25) is 4.79 Å². The Balaban J connectivity index is 0.00000144. The molecular formula is C12H16ClIN2O. The lowest BCUT2D eigenvalue weighted by atomic mass is 10.0. The van der Waals surface area contributed by atoms with Gasteiger partial charge in [-0.2, -0.15) is 0 Å². The minimum atomic E-state index is -0.0217. The number of piperidine rings is 1. The minimum absolute atomic E-state index is 0. The molecule has 1 amide bonds. The third kappa shape index (κ3) is 4.44. The Kier molecular flexibility index (Phi) is 6.22. The van der Waals surface area contributed by atoms with Crippen molar-refractivity contribution in [1.29, 1.82) is 0 Å². The van der Waals surface area contributed by atoms with Crippen LogP contribution in [0.25, 0.3) is 0 Å². The molecule has 1 aliphatic rings. The maximum Gasteiger partial charge on any atom is 0.241 e. The second-order valence-electron chi connectivity index (χ2n) is 4.00. The monoisotopic (exact) mass is 366 g/mol. The van der Waals surface area contributed by atoms with E-state index in [9.17, 15) is 4.79 Å². The molecule has 1 aliphatic heterocycles. The van der Waals surface area contributed by atoms with Gasteiger partial charge >= 0.3 is 0 Å². The average Bonchev–Trinajstić information content (AvgIpc) is 2.30. The Morgan fingerprint density at radius 2 is 2.24 bits per heavy atom. The van der Waals surface area contributed by atoms with Gasteiger partial charge in [0.15, 0.2) is 0 Å². The van der Waals surface area contributed by atoms with Crippen molar-refractivity contribution in [2.24, 2.45) is 0 Å². The van der Waals surface area contributed by atoms with E-state index in [1.807, 2.05) is 24.3 Å². The van der Waals surface area contributed by atoms with Crippen LogP contribution >= 0.6 is 35.0 Å². The summed E-state index contributed by atoms with van der Waals surface area (Å²) < 4.78 is 1.13. The van der Waals surface area contributed by atoms with Gasteiger partial charge in [-0.15, -0.1) is 12.4 Å². The van der Waals surface area contributed by atoms with Gasteiger partial charge < -0.3 is 10.6 Å². The van der Waals surface area contributed by atoms with Crippen molar-refractivity contribution in [3.8, 4) is 0 Å². The first-order chi connectivity index (χ1) is 7.75. The highest BCUT2D eigenvalue weighted by Crippen LogP contribution is 2.14. The molecule has 1 aromatic carbocycles. The molecular weight excluding hydrogens is 351 g/mol. The first-order valence-electron chi connectivity index (χ1n) is 5.55. The lowest BCUT2D eigenvalue weighted by molar-refractivity contribution is -0.118. The van der Waals surface area contributed by atoms with Crippen LogP contribution < -0.4 is 10.6 Å². The predicted octanol–water partition coefficient (Wildman–Crippen LogP) is 2.79. The highest BCUT2D eigenvalue weighted by molar-refractivity contribution is 14.1. The van der Waals surface area contributed by atoms with Crippen LogP contribution in [-0.2, 0) is 4.79 Å². The Bertz CT molecular complexity index is 381. The number of anilines is 1. The van der Waals surface area contributed by atoms with Crippen molar-refractivity contribution in [3.05, 3.63) is 27.8 Å². The standard InChI is InChI=1S/C12H15IN2O.ClH/c13-9-4-3-5-10(8-9)15-12(16)11-6-1-2-7-14-11;/h3-5,8,11,14H,1-2,6-7H2,(H,15,16);1H. The normalized spacial score (nSPS) is 19.2. The van der Waals surface area contributed by atoms with Gasteiger partial charge in [0.05, 0.1) is 6.04 Å². The van der Waals surface area contributed by atoms with Crippen molar-refractivity contribution >= 4 is 46.6 Å². The van der Waals surface area contributed by atoms with E-state index in [-0.39, 0.29) is 24.4 Å². The maximum absolute atomic E-state index is 11.9. The van der Waals surface area contributed by atoms with Crippen LogP contribution in [-0.4, -0.2) is 18.5 Å². The average molecular weight is 367 g/mol. The summed E-state index contributed by atoms with van der Waals surface area (Å²) in [6.07, 6.45) is 3.25. The van der Waals surface area contributed by atoms with Crippen LogP contribution in [0.2, 0.25) is 0 Å². The summed E-state index contributed by atoms with van der Waals surface area (Å²) in [6, 6.07) is 7.83. The SMILES string of the molecule is Cl.O=C(Nc1cccc(I)c1)C1CCCCN1. The summed E-state index contributed by atoms with van der Waals surface area (Å²) in [5.41, 5.74) is 0.879. The first kappa shape index (κ1) is 14.7. The van der Waals surface area contributed by atoms with Crippen molar-refractivity contribution in [2.45, 2.75) is 25.3 Å². The quantitative estimate of drug-likeness (QED) is 0.790. The number of nitrogens with one attached hydrogen (secondary N) is 2. The lowest BCUT2D eigenvalue weighted by Crippen LogP contribution is -2.43. The Labute approximate surface area is 121 Å². The third-order valence-corrected chi connectivity index (χ3v) is 3.39. The van der Waals surface area contributed by atoms with E-state index in [1.54, 1.807) is 0 Å². The Morgan fingerprint density at radius 1 is 1.41 bits per heavy atom. The van der Waals surface area contributed by atoms with E-state index in [0.29, 0.717) is 0 Å². The Hall–Kier alpha value is -0.330. The molecule has 5 heteroatoms. The van der Waals surface area contributed by atoms with Crippen molar-refractivity contribution in [2.75, 3.05) is 11.9 Å². The van der Waals surface area contributed by atoms with Gasteiger partial charge in [0, 0.05) is 9.26 Å². The number of carbonyl (C=O) groups is 1. The van der Waals surface area contributed by atoms with E-state index < -0.39 is 0 Å². The van der Waals surface area contributed by atoms with Crippen LogP contribution in [0.1, 0.15) is 19.3 Å². The number of rotatable bonds is 2. The molecule has 1 unspecified atom stereocenters. The van der Waals surface area contributed by atoms with Gasteiger partial charge in [-0.1, -0.05) is 12.5 Å². The maximum atomic E-state index is 11.9. The zero-order valence-corrected chi connectivity index (χ0v) is 12.4. The lowest BCUT2D eigenvalue weighted by Gasteiger charge is -2.22. The molecule has 0 aliphatic carbocycles. The van der Waals surface area contributed by atoms with E-state index >= 15 is 0 Å². The molecule has 0 radical (unpaired) electrons. The zero-order valence-electron chi connectivity index (χ0n) is 9.41. The first-order valence-corrected chi connectivity index (χ1v) is 6.63. The fraction of sp³-hybridized carbons (Fsp3) is 0.417. The molecule has 17 heavy (non-hydrogen) atoms. The molecule has 0 spiro atoms. The van der Waals surface area contributed by atoms with E-state index in [1.165, 1.54) is 6.42 Å². The highest BCUT2D eigenvalue weighted by atomic mass is 127. The molecule has 3 nitrogen and oxygen atoms in total. The number of amides is 1. The highest BCUT2D eigenvalue weighted by Gasteiger charge is 2.20. The van der Waals surface area contributed by atoms with Crippen LogP contribution in [0.5, 0.6) is 0 Å². The van der Waals surface area contributed by atoms with E-state index in [0.717, 1.165) is 28.6 Å². The molecule has 1 heterocycles. The number of halogens is 2. The topological polar surface area (TPSA) is 41.1 Å². The van der Waals surface area contributed by atoms with Crippen molar-refractivity contribution < 1.29 is 4.79 Å². The van der Waals surface area contributed by atoms with Crippen molar-refractivity contribution in [1.82, 2.24) is 5.32 Å². The number of carbonyl (C=O) groups excluding carboxylic acids is 1. The predicted molar refractivity (Wildman–Crippen MR) is 80.7 cm³/mol. The number of benzene rings is 1. The van der Waals surface area contributed by atoms with Gasteiger partial charge in [0.1, 0.15) is 0 Å². The zero-order chi connectivity index (χ0) is 11.4. The summed E-state index contributed by atoms with van der Waals surface area (Å²) in [5, 5.41) is 6.19. The summed E-state index contributed by atoms with van der Waals surface area (Å²) in [7, 11) is 0. The van der Waals surface area contributed by atoms with Gasteiger partial charge in [0.2, 0.25) is 5.91 Å². The number of hydrogen-bond donors (Lipinski definition) is 2. The summed E-state index contributed by atoms with van der Waals surface area (Å²) >= 11 is 2.24. The molecule has 2 N–H and O–H groups in total. The molecule has 1 aromatic rings. The summed E-state index contributed by atoms with van der Waals surface area (Å²) in [5.74, 6) is 0.0849. The second kappa shape index (κ2) is 7.18. The van der Waals surface area contributed by atoms with Gasteiger partial charge in [0.25, 0.3) is 0 Å². The molecule has 0 saturated carbocycles. The van der Waals surface area contributed by atoms with E-state index in [2.05, 4.69) is 33.2 Å². The largest absolute Gasteiger partial charge is 0.325 e. The summed E-state index contributed by atoms with van der Waals surface area (Å²) in [6.45, 7) is 0.949. The number of hydrogen-bond acceptors (Lipinski definition) is 2. The molecule has 94 valence electrons.